The molecular weight excluding hydrogens is 336 g/mol. The average Bonchev–Trinajstić information content (AvgIpc) is 2.97. The Bertz CT molecular complexity index is 729. The zero-order chi connectivity index (χ0) is 17.6. The number of para-hydroxylation sites is 1. The van der Waals surface area contributed by atoms with Crippen molar-refractivity contribution in [3.05, 3.63) is 52.2 Å². The van der Waals surface area contributed by atoms with Gasteiger partial charge in [0.1, 0.15) is 12.4 Å². The maximum Gasteiger partial charge on any atom is 0.264 e. The molecule has 132 valence electrons. The lowest BCUT2D eigenvalue weighted by atomic mass is 10.3. The summed E-state index contributed by atoms with van der Waals surface area (Å²) < 4.78 is 5.67. The molecule has 1 aliphatic rings. The first-order chi connectivity index (χ1) is 12.1. The standard InChI is InChI=1S/C19H22N2O3S/c1-15-7-8-17(25-15)19(23)21-10-9-18(22)20(11-12-21)13-14-24-16-5-3-2-4-6-16/h2-8H,9-14H2,1H3. The van der Waals surface area contributed by atoms with E-state index in [-0.39, 0.29) is 11.8 Å². The highest BCUT2D eigenvalue weighted by Crippen LogP contribution is 2.18. The van der Waals surface area contributed by atoms with Gasteiger partial charge in [-0.25, -0.2) is 0 Å². The Morgan fingerprint density at radius 3 is 2.64 bits per heavy atom. The number of rotatable bonds is 5. The van der Waals surface area contributed by atoms with E-state index in [1.165, 1.54) is 11.3 Å². The third-order valence-electron chi connectivity index (χ3n) is 4.20. The molecule has 3 rings (SSSR count). The molecule has 2 heterocycles. The van der Waals surface area contributed by atoms with Crippen molar-refractivity contribution in [1.82, 2.24) is 9.80 Å². The van der Waals surface area contributed by atoms with Crippen molar-refractivity contribution in [1.29, 1.82) is 0 Å². The smallest absolute Gasteiger partial charge is 0.264 e. The molecule has 1 saturated heterocycles. The number of thiophene rings is 1. The topological polar surface area (TPSA) is 49.9 Å². The molecule has 5 nitrogen and oxygen atoms in total. The Labute approximate surface area is 151 Å². The van der Waals surface area contributed by atoms with E-state index >= 15 is 0 Å². The van der Waals surface area contributed by atoms with Gasteiger partial charge in [0.05, 0.1) is 11.4 Å². The predicted octanol–water partition coefficient (Wildman–Crippen LogP) is 2.81. The fourth-order valence-electron chi connectivity index (χ4n) is 2.80. The Morgan fingerprint density at radius 2 is 1.92 bits per heavy atom. The fraction of sp³-hybridized carbons (Fsp3) is 0.368. The van der Waals surface area contributed by atoms with Crippen molar-refractivity contribution in [3.63, 3.8) is 0 Å². The maximum absolute atomic E-state index is 12.6. The molecule has 1 aromatic heterocycles. The van der Waals surface area contributed by atoms with Crippen LogP contribution in [0.25, 0.3) is 0 Å². The van der Waals surface area contributed by atoms with E-state index in [0.29, 0.717) is 39.2 Å². The molecule has 0 bridgehead atoms. The van der Waals surface area contributed by atoms with E-state index in [1.54, 1.807) is 9.80 Å². The number of aryl methyl sites for hydroxylation is 1. The summed E-state index contributed by atoms with van der Waals surface area (Å²) in [7, 11) is 0. The van der Waals surface area contributed by atoms with E-state index in [4.69, 9.17) is 4.74 Å². The van der Waals surface area contributed by atoms with E-state index in [0.717, 1.165) is 15.5 Å². The molecule has 6 heteroatoms. The van der Waals surface area contributed by atoms with Crippen LogP contribution in [-0.2, 0) is 4.79 Å². The summed E-state index contributed by atoms with van der Waals surface area (Å²) in [5, 5.41) is 0. The van der Waals surface area contributed by atoms with Crippen LogP contribution in [0.3, 0.4) is 0 Å². The van der Waals surface area contributed by atoms with Gasteiger partial charge in [0, 0.05) is 30.9 Å². The molecule has 1 fully saturated rings. The molecule has 0 saturated carbocycles. The zero-order valence-corrected chi connectivity index (χ0v) is 15.1. The Kier molecular flexibility index (Phi) is 5.71. The van der Waals surface area contributed by atoms with Crippen LogP contribution >= 0.6 is 11.3 Å². The van der Waals surface area contributed by atoms with Crippen LogP contribution in [0.5, 0.6) is 5.75 Å². The van der Waals surface area contributed by atoms with Crippen LogP contribution in [0.2, 0.25) is 0 Å². The zero-order valence-electron chi connectivity index (χ0n) is 14.3. The fourth-order valence-corrected chi connectivity index (χ4v) is 3.64. The monoisotopic (exact) mass is 358 g/mol. The van der Waals surface area contributed by atoms with Gasteiger partial charge in [-0.3, -0.25) is 9.59 Å². The summed E-state index contributed by atoms with van der Waals surface area (Å²) in [6, 6.07) is 13.4. The largest absolute Gasteiger partial charge is 0.492 e. The average molecular weight is 358 g/mol. The molecule has 0 spiro atoms. The lowest BCUT2D eigenvalue weighted by Gasteiger charge is -2.22. The van der Waals surface area contributed by atoms with E-state index < -0.39 is 0 Å². The van der Waals surface area contributed by atoms with Crippen molar-refractivity contribution in [2.75, 3.05) is 32.8 Å². The summed E-state index contributed by atoms with van der Waals surface area (Å²) in [6.45, 7) is 4.56. The third kappa shape index (κ3) is 4.60. The van der Waals surface area contributed by atoms with Gasteiger partial charge in [0.2, 0.25) is 5.91 Å². The normalized spacial score (nSPS) is 15.2. The molecular formula is C19H22N2O3S. The van der Waals surface area contributed by atoms with Crippen molar-refractivity contribution < 1.29 is 14.3 Å². The van der Waals surface area contributed by atoms with Crippen molar-refractivity contribution >= 4 is 23.2 Å². The number of nitrogens with zero attached hydrogens (tertiary/aromatic N) is 2. The molecule has 0 radical (unpaired) electrons. The van der Waals surface area contributed by atoms with Crippen molar-refractivity contribution in [2.24, 2.45) is 0 Å². The van der Waals surface area contributed by atoms with Gasteiger partial charge in [0.15, 0.2) is 0 Å². The number of benzene rings is 1. The summed E-state index contributed by atoms with van der Waals surface area (Å²) in [4.78, 5) is 30.3. The van der Waals surface area contributed by atoms with Gasteiger partial charge in [-0.2, -0.15) is 0 Å². The minimum Gasteiger partial charge on any atom is -0.492 e. The molecule has 0 aliphatic carbocycles. The molecule has 2 amide bonds. The maximum atomic E-state index is 12.6. The van der Waals surface area contributed by atoms with Crippen LogP contribution in [0.15, 0.2) is 42.5 Å². The number of amides is 2. The lowest BCUT2D eigenvalue weighted by molar-refractivity contribution is -0.130. The summed E-state index contributed by atoms with van der Waals surface area (Å²) in [6.07, 6.45) is 0.363. The Balaban J connectivity index is 1.52. The van der Waals surface area contributed by atoms with Crippen molar-refractivity contribution in [3.8, 4) is 5.75 Å². The first-order valence-corrected chi connectivity index (χ1v) is 9.26. The third-order valence-corrected chi connectivity index (χ3v) is 5.19. The van der Waals surface area contributed by atoms with Gasteiger partial charge in [-0.05, 0) is 31.2 Å². The molecule has 0 atom stereocenters. The van der Waals surface area contributed by atoms with Gasteiger partial charge in [-0.15, -0.1) is 11.3 Å². The van der Waals surface area contributed by atoms with Crippen molar-refractivity contribution in [2.45, 2.75) is 13.3 Å². The minimum absolute atomic E-state index is 0.0216. The number of hydrogen-bond acceptors (Lipinski definition) is 4. The van der Waals surface area contributed by atoms with Crippen LogP contribution in [0, 0.1) is 6.92 Å². The SMILES string of the molecule is Cc1ccc(C(=O)N2CCC(=O)N(CCOc3ccccc3)CC2)s1. The summed E-state index contributed by atoms with van der Waals surface area (Å²) in [5.74, 6) is 0.900. The molecule has 0 unspecified atom stereocenters. The highest BCUT2D eigenvalue weighted by Gasteiger charge is 2.25. The van der Waals surface area contributed by atoms with Crippen LogP contribution in [0.4, 0.5) is 0 Å². The predicted molar refractivity (Wildman–Crippen MR) is 98.1 cm³/mol. The molecule has 0 N–H and O–H groups in total. The summed E-state index contributed by atoms with van der Waals surface area (Å²) >= 11 is 1.50. The van der Waals surface area contributed by atoms with E-state index in [2.05, 4.69) is 0 Å². The molecule has 25 heavy (non-hydrogen) atoms. The second-order valence-electron chi connectivity index (χ2n) is 5.99. The lowest BCUT2D eigenvalue weighted by Crippen LogP contribution is -2.37. The first-order valence-electron chi connectivity index (χ1n) is 8.45. The number of carbonyl (C=O) groups excluding carboxylic acids is 2. The number of carbonyl (C=O) groups is 2. The Hall–Kier alpha value is -2.34. The van der Waals surface area contributed by atoms with E-state index in [9.17, 15) is 9.59 Å². The van der Waals surface area contributed by atoms with Gasteiger partial charge < -0.3 is 14.5 Å². The molecule has 2 aromatic rings. The second-order valence-corrected chi connectivity index (χ2v) is 7.28. The number of hydrogen-bond donors (Lipinski definition) is 0. The summed E-state index contributed by atoms with van der Waals surface area (Å²) in [5.41, 5.74) is 0. The highest BCUT2D eigenvalue weighted by atomic mass is 32.1. The van der Waals surface area contributed by atoms with Gasteiger partial charge in [0.25, 0.3) is 5.91 Å². The van der Waals surface area contributed by atoms with Crippen LogP contribution < -0.4 is 4.74 Å². The quantitative estimate of drug-likeness (QED) is 0.826. The first kappa shape index (κ1) is 17.5. The van der Waals surface area contributed by atoms with Gasteiger partial charge >= 0.3 is 0 Å². The number of ether oxygens (including phenoxy) is 1. The van der Waals surface area contributed by atoms with E-state index in [1.807, 2.05) is 49.4 Å². The second kappa shape index (κ2) is 8.16. The van der Waals surface area contributed by atoms with Gasteiger partial charge in [-0.1, -0.05) is 18.2 Å². The molecule has 1 aliphatic heterocycles. The minimum atomic E-state index is 0.0216. The highest BCUT2D eigenvalue weighted by molar-refractivity contribution is 7.13. The van der Waals surface area contributed by atoms with Crippen LogP contribution in [0.1, 0.15) is 21.0 Å². The van der Waals surface area contributed by atoms with Crippen LogP contribution in [-0.4, -0.2) is 54.4 Å². The molecule has 1 aromatic carbocycles. The Morgan fingerprint density at radius 1 is 1.12 bits per heavy atom.